The van der Waals surface area contributed by atoms with Crippen molar-refractivity contribution in [3.8, 4) is 17.2 Å². The molecule has 1 N–H and O–H groups in total. The smallest absolute Gasteiger partial charge is 0.265 e. The molecular weight excluding hydrogens is 491 g/mol. The maximum atomic E-state index is 12.5. The van der Waals surface area contributed by atoms with Gasteiger partial charge in [0.25, 0.3) is 5.91 Å². The first kappa shape index (κ1) is 20.7. The molecule has 4 rings (SSSR count). The summed E-state index contributed by atoms with van der Waals surface area (Å²) in [4.78, 5) is 17.1. The van der Waals surface area contributed by atoms with Crippen LogP contribution < -0.4 is 10.1 Å². The van der Waals surface area contributed by atoms with Crippen LogP contribution in [-0.2, 0) is 4.79 Å². The molecule has 0 saturated carbocycles. The average Bonchev–Trinajstić information content (AvgIpc) is 3.13. The number of carbonyl (C=O) groups is 1. The monoisotopic (exact) mass is 504 g/mol. The van der Waals surface area contributed by atoms with Crippen LogP contribution in [0.2, 0.25) is 10.0 Å². The highest BCUT2D eigenvalue weighted by Gasteiger charge is 2.18. The first-order chi connectivity index (χ1) is 14.4. The van der Waals surface area contributed by atoms with E-state index in [1.807, 2.05) is 24.3 Å². The van der Waals surface area contributed by atoms with E-state index in [9.17, 15) is 4.79 Å². The molecule has 1 unspecified atom stereocenters. The van der Waals surface area contributed by atoms with Crippen LogP contribution in [0.4, 0.5) is 5.69 Å². The molecule has 0 aliphatic carbocycles. The van der Waals surface area contributed by atoms with Gasteiger partial charge in [-0.25, -0.2) is 4.98 Å². The summed E-state index contributed by atoms with van der Waals surface area (Å²) in [5.41, 5.74) is 2.68. The normalized spacial score (nSPS) is 12.0. The number of nitrogens with one attached hydrogen (secondary N) is 1. The Kier molecular flexibility index (Phi) is 5.99. The number of aromatic nitrogens is 1. The van der Waals surface area contributed by atoms with E-state index in [2.05, 4.69) is 26.2 Å². The van der Waals surface area contributed by atoms with Crippen LogP contribution in [0.15, 0.2) is 69.6 Å². The maximum Gasteiger partial charge on any atom is 0.265 e. The highest BCUT2D eigenvalue weighted by molar-refractivity contribution is 9.10. The maximum absolute atomic E-state index is 12.5. The number of halogens is 3. The van der Waals surface area contributed by atoms with E-state index in [1.165, 1.54) is 0 Å². The summed E-state index contributed by atoms with van der Waals surface area (Å²) in [6.45, 7) is 1.64. The molecule has 30 heavy (non-hydrogen) atoms. The van der Waals surface area contributed by atoms with Crippen molar-refractivity contribution in [2.75, 3.05) is 5.32 Å². The molecule has 4 aromatic rings. The third kappa shape index (κ3) is 4.46. The van der Waals surface area contributed by atoms with Crippen LogP contribution in [0, 0.1) is 0 Å². The van der Waals surface area contributed by atoms with Gasteiger partial charge in [-0.2, -0.15) is 0 Å². The molecule has 152 valence electrons. The quantitative estimate of drug-likeness (QED) is 0.318. The van der Waals surface area contributed by atoms with E-state index in [1.54, 1.807) is 43.3 Å². The van der Waals surface area contributed by atoms with Crippen LogP contribution in [0.3, 0.4) is 0 Å². The minimum absolute atomic E-state index is 0.324. The predicted octanol–water partition coefficient (Wildman–Crippen LogP) is 6.97. The Labute approximate surface area is 191 Å². The van der Waals surface area contributed by atoms with E-state index in [-0.39, 0.29) is 5.91 Å². The molecule has 1 aromatic heterocycles. The van der Waals surface area contributed by atoms with Gasteiger partial charge in [0.1, 0.15) is 11.3 Å². The zero-order valence-electron chi connectivity index (χ0n) is 15.7. The van der Waals surface area contributed by atoms with Crippen molar-refractivity contribution in [1.82, 2.24) is 4.98 Å². The zero-order chi connectivity index (χ0) is 21.3. The van der Waals surface area contributed by atoms with Gasteiger partial charge in [0.15, 0.2) is 11.7 Å². The average molecular weight is 506 g/mol. The molecular formula is C22H15BrCl2N2O3. The van der Waals surface area contributed by atoms with Crippen molar-refractivity contribution in [2.45, 2.75) is 13.0 Å². The molecule has 0 aliphatic rings. The number of rotatable bonds is 5. The van der Waals surface area contributed by atoms with Gasteiger partial charge in [0.05, 0.1) is 10.6 Å². The number of anilines is 1. The Morgan fingerprint density at radius 2 is 1.93 bits per heavy atom. The highest BCUT2D eigenvalue weighted by atomic mass is 79.9. The second kappa shape index (κ2) is 8.68. The Balaban J connectivity index is 1.50. The number of fused-ring (bicyclic) bond motifs is 1. The second-order valence-corrected chi connectivity index (χ2v) is 8.20. The van der Waals surface area contributed by atoms with Crippen molar-refractivity contribution in [3.63, 3.8) is 0 Å². The summed E-state index contributed by atoms with van der Waals surface area (Å²) in [6, 6.07) is 17.8. The van der Waals surface area contributed by atoms with Gasteiger partial charge < -0.3 is 14.5 Å². The largest absolute Gasteiger partial charge is 0.479 e. The topological polar surface area (TPSA) is 64.4 Å². The third-order valence-electron chi connectivity index (χ3n) is 4.33. The minimum atomic E-state index is -0.771. The molecule has 0 spiro atoms. The number of benzene rings is 3. The highest BCUT2D eigenvalue weighted by Crippen LogP contribution is 2.31. The summed E-state index contributed by atoms with van der Waals surface area (Å²) >= 11 is 15.5. The molecule has 0 bridgehead atoms. The lowest BCUT2D eigenvalue weighted by molar-refractivity contribution is -0.122. The van der Waals surface area contributed by atoms with Gasteiger partial charge in [-0.3, -0.25) is 4.79 Å². The number of amides is 1. The van der Waals surface area contributed by atoms with E-state index in [4.69, 9.17) is 32.4 Å². The van der Waals surface area contributed by atoms with Gasteiger partial charge in [-0.05, 0) is 71.4 Å². The number of ether oxygens (including phenoxy) is 1. The molecule has 1 heterocycles. The van der Waals surface area contributed by atoms with Gasteiger partial charge >= 0.3 is 0 Å². The fourth-order valence-electron chi connectivity index (χ4n) is 2.81. The van der Waals surface area contributed by atoms with Crippen molar-refractivity contribution >= 4 is 61.8 Å². The molecule has 0 aliphatic heterocycles. The van der Waals surface area contributed by atoms with Crippen LogP contribution in [-0.4, -0.2) is 17.0 Å². The van der Waals surface area contributed by atoms with E-state index in [0.717, 1.165) is 10.0 Å². The van der Waals surface area contributed by atoms with Crippen molar-refractivity contribution in [2.24, 2.45) is 0 Å². The summed E-state index contributed by atoms with van der Waals surface area (Å²) < 4.78 is 12.4. The zero-order valence-corrected chi connectivity index (χ0v) is 18.8. The van der Waals surface area contributed by atoms with Gasteiger partial charge in [0, 0.05) is 15.2 Å². The first-order valence-electron chi connectivity index (χ1n) is 8.99. The number of hydrogen-bond acceptors (Lipinski definition) is 4. The lowest BCUT2D eigenvalue weighted by Crippen LogP contribution is -2.30. The molecule has 0 saturated heterocycles. The molecule has 0 radical (unpaired) electrons. The van der Waals surface area contributed by atoms with E-state index < -0.39 is 6.10 Å². The standard InChI is InChI=1S/C22H15BrCl2N2O3/c1-12(29-19-8-6-13(24)10-17(19)25)21(28)26-14-7-9-20-18(11-14)27-22(30-20)15-4-2-3-5-16(15)23/h2-12H,1H3,(H,26,28). The predicted molar refractivity (Wildman–Crippen MR) is 122 cm³/mol. The number of hydrogen-bond donors (Lipinski definition) is 1. The minimum Gasteiger partial charge on any atom is -0.479 e. The number of nitrogens with zero attached hydrogens (tertiary/aromatic N) is 1. The Morgan fingerprint density at radius 3 is 2.70 bits per heavy atom. The number of oxazole rings is 1. The van der Waals surface area contributed by atoms with Crippen molar-refractivity contribution < 1.29 is 13.9 Å². The van der Waals surface area contributed by atoms with Gasteiger partial charge in [0.2, 0.25) is 5.89 Å². The van der Waals surface area contributed by atoms with E-state index >= 15 is 0 Å². The summed E-state index contributed by atoms with van der Waals surface area (Å²) in [5, 5.41) is 3.65. The lowest BCUT2D eigenvalue weighted by atomic mass is 10.2. The van der Waals surface area contributed by atoms with Crippen LogP contribution in [0.25, 0.3) is 22.6 Å². The van der Waals surface area contributed by atoms with Gasteiger partial charge in [-0.1, -0.05) is 35.3 Å². The fraction of sp³-hybridized carbons (Fsp3) is 0.0909. The van der Waals surface area contributed by atoms with Crippen molar-refractivity contribution in [3.05, 3.63) is 75.2 Å². The number of carbonyl (C=O) groups excluding carboxylic acids is 1. The second-order valence-electron chi connectivity index (χ2n) is 6.51. The van der Waals surface area contributed by atoms with Crippen LogP contribution in [0.1, 0.15) is 6.92 Å². The van der Waals surface area contributed by atoms with Crippen molar-refractivity contribution in [1.29, 1.82) is 0 Å². The molecule has 5 nitrogen and oxygen atoms in total. The molecule has 8 heteroatoms. The molecule has 0 fully saturated rings. The Hall–Kier alpha value is -2.54. The lowest BCUT2D eigenvalue weighted by Gasteiger charge is -2.15. The molecule has 1 atom stereocenters. The van der Waals surface area contributed by atoms with Crippen LogP contribution in [0.5, 0.6) is 5.75 Å². The Morgan fingerprint density at radius 1 is 1.13 bits per heavy atom. The summed E-state index contributed by atoms with van der Waals surface area (Å²) in [5.74, 6) is 0.554. The first-order valence-corrected chi connectivity index (χ1v) is 10.5. The molecule has 3 aromatic carbocycles. The summed E-state index contributed by atoms with van der Waals surface area (Å²) in [7, 11) is 0. The molecule has 1 amide bonds. The SMILES string of the molecule is CC(Oc1ccc(Cl)cc1Cl)C(=O)Nc1ccc2oc(-c3ccccc3Br)nc2c1. The van der Waals surface area contributed by atoms with Crippen LogP contribution >= 0.6 is 39.1 Å². The Bertz CT molecular complexity index is 1240. The van der Waals surface area contributed by atoms with E-state index in [0.29, 0.717) is 38.5 Å². The fourth-order valence-corrected chi connectivity index (χ4v) is 3.72. The summed E-state index contributed by atoms with van der Waals surface area (Å²) in [6.07, 6.45) is -0.771. The third-order valence-corrected chi connectivity index (χ3v) is 5.55. The van der Waals surface area contributed by atoms with Gasteiger partial charge in [-0.15, -0.1) is 0 Å².